The van der Waals surface area contributed by atoms with E-state index in [1.54, 1.807) is 54.6 Å². The lowest BCUT2D eigenvalue weighted by Gasteiger charge is -2.05. The first-order chi connectivity index (χ1) is 9.72. The van der Waals surface area contributed by atoms with E-state index in [2.05, 4.69) is 16.4 Å². The first-order valence-corrected chi connectivity index (χ1v) is 5.92. The van der Waals surface area contributed by atoms with Crippen LogP contribution in [0.15, 0.2) is 61.2 Å². The lowest BCUT2D eigenvalue weighted by atomic mass is 10.1. The predicted octanol–water partition coefficient (Wildman–Crippen LogP) is 3.26. The largest absolute Gasteiger partial charge is 0.386 e. The molecule has 100 valence electrons. The Hall–Kier alpha value is -2.88. The van der Waals surface area contributed by atoms with Gasteiger partial charge in [-0.3, -0.25) is 0 Å². The zero-order chi connectivity index (χ0) is 14.4. The molecule has 0 aromatic heterocycles. The summed E-state index contributed by atoms with van der Waals surface area (Å²) < 4.78 is 0. The van der Waals surface area contributed by atoms with Gasteiger partial charge in [0, 0.05) is 0 Å². The van der Waals surface area contributed by atoms with Crippen molar-refractivity contribution in [2.45, 2.75) is 0 Å². The summed E-state index contributed by atoms with van der Waals surface area (Å²) in [5.41, 5.74) is 1.19. The highest BCUT2D eigenvalue weighted by molar-refractivity contribution is 5.94. The van der Waals surface area contributed by atoms with Crippen LogP contribution in [0.1, 0.15) is 26.3 Å². The second kappa shape index (κ2) is 6.33. The average molecular weight is 268 g/mol. The molecule has 0 atom stereocenters. The summed E-state index contributed by atoms with van der Waals surface area (Å²) in [4.78, 5) is 32.5. The Morgan fingerprint density at radius 2 is 1.45 bits per heavy atom. The van der Waals surface area contributed by atoms with Crippen LogP contribution >= 0.6 is 0 Å². The Morgan fingerprint density at radius 1 is 0.850 bits per heavy atom. The molecule has 0 fully saturated rings. The summed E-state index contributed by atoms with van der Waals surface area (Å²) >= 11 is 0. The summed E-state index contributed by atoms with van der Waals surface area (Å²) in [7, 11) is 0. The minimum absolute atomic E-state index is 0.281. The standard InChI is InChI=1S/C16H12O4/c1-2-12-8-6-7-11-14(12)16(18)20-19-15(17)13-9-4-3-5-10-13/h2-11H,1H2. The van der Waals surface area contributed by atoms with Crippen molar-refractivity contribution in [1.29, 1.82) is 0 Å². The molecule has 0 aliphatic rings. The van der Waals surface area contributed by atoms with Crippen LogP contribution in [0.4, 0.5) is 0 Å². The van der Waals surface area contributed by atoms with Crippen LogP contribution in [0.2, 0.25) is 0 Å². The molecule has 20 heavy (non-hydrogen) atoms. The van der Waals surface area contributed by atoms with Gasteiger partial charge in [0.05, 0.1) is 11.1 Å². The highest BCUT2D eigenvalue weighted by Gasteiger charge is 2.15. The molecule has 0 bridgehead atoms. The van der Waals surface area contributed by atoms with Crippen LogP contribution in [0, 0.1) is 0 Å². The third kappa shape index (κ3) is 3.11. The number of carbonyl (C=O) groups is 2. The molecule has 0 saturated heterocycles. The van der Waals surface area contributed by atoms with Gasteiger partial charge in [0.25, 0.3) is 0 Å². The molecular formula is C16H12O4. The van der Waals surface area contributed by atoms with Crippen molar-refractivity contribution < 1.29 is 19.4 Å². The third-order valence-electron chi connectivity index (χ3n) is 2.60. The maximum Gasteiger partial charge on any atom is 0.386 e. The zero-order valence-corrected chi connectivity index (χ0v) is 10.6. The van der Waals surface area contributed by atoms with Crippen LogP contribution in [0.3, 0.4) is 0 Å². The van der Waals surface area contributed by atoms with Crippen molar-refractivity contribution in [2.24, 2.45) is 0 Å². The smallest absolute Gasteiger partial charge is 0.242 e. The summed E-state index contributed by atoms with van der Waals surface area (Å²) in [6, 6.07) is 15.0. The van der Waals surface area contributed by atoms with E-state index in [9.17, 15) is 9.59 Å². The molecule has 0 heterocycles. The van der Waals surface area contributed by atoms with Gasteiger partial charge in [0.2, 0.25) is 0 Å². The summed E-state index contributed by atoms with van der Waals surface area (Å²) in [5.74, 6) is -1.47. The number of rotatable bonds is 3. The lowest BCUT2D eigenvalue weighted by Crippen LogP contribution is -2.12. The molecule has 0 spiro atoms. The fourth-order valence-electron chi connectivity index (χ4n) is 1.60. The van der Waals surface area contributed by atoms with E-state index in [0.717, 1.165) is 0 Å². The monoisotopic (exact) mass is 268 g/mol. The van der Waals surface area contributed by atoms with E-state index in [4.69, 9.17) is 0 Å². The molecule has 0 unspecified atom stereocenters. The Balaban J connectivity index is 2.02. The van der Waals surface area contributed by atoms with Crippen LogP contribution in [0.25, 0.3) is 6.08 Å². The van der Waals surface area contributed by atoms with Crippen LogP contribution in [-0.2, 0) is 9.78 Å². The fourth-order valence-corrected chi connectivity index (χ4v) is 1.60. The van der Waals surface area contributed by atoms with Crippen LogP contribution in [-0.4, -0.2) is 11.9 Å². The van der Waals surface area contributed by atoms with E-state index >= 15 is 0 Å². The van der Waals surface area contributed by atoms with Gasteiger partial charge in [-0.2, -0.15) is 0 Å². The molecule has 0 aliphatic carbocycles. The Bertz CT molecular complexity index is 632. The molecule has 4 nitrogen and oxygen atoms in total. The number of hydrogen-bond donors (Lipinski definition) is 0. The van der Waals surface area contributed by atoms with Gasteiger partial charge in [0.15, 0.2) is 0 Å². The second-order valence-corrected chi connectivity index (χ2v) is 3.90. The van der Waals surface area contributed by atoms with Crippen molar-refractivity contribution in [2.75, 3.05) is 0 Å². The molecule has 2 aromatic carbocycles. The SMILES string of the molecule is C=Cc1ccccc1C(=O)OOC(=O)c1ccccc1. The van der Waals surface area contributed by atoms with Gasteiger partial charge < -0.3 is 0 Å². The van der Waals surface area contributed by atoms with E-state index < -0.39 is 11.9 Å². The zero-order valence-electron chi connectivity index (χ0n) is 10.6. The normalized spacial score (nSPS) is 9.60. The second-order valence-electron chi connectivity index (χ2n) is 3.90. The van der Waals surface area contributed by atoms with Crippen molar-refractivity contribution in [3.8, 4) is 0 Å². The molecule has 2 rings (SSSR count). The molecule has 0 N–H and O–H groups in total. The van der Waals surface area contributed by atoms with E-state index in [0.29, 0.717) is 11.1 Å². The topological polar surface area (TPSA) is 52.6 Å². The van der Waals surface area contributed by atoms with Crippen molar-refractivity contribution in [1.82, 2.24) is 0 Å². The Kier molecular flexibility index (Phi) is 4.29. The molecule has 0 aliphatic heterocycles. The average Bonchev–Trinajstić information content (AvgIpc) is 2.53. The van der Waals surface area contributed by atoms with E-state index in [-0.39, 0.29) is 5.56 Å². The van der Waals surface area contributed by atoms with Gasteiger partial charge in [-0.05, 0) is 23.8 Å². The van der Waals surface area contributed by atoms with Crippen LogP contribution in [0.5, 0.6) is 0 Å². The van der Waals surface area contributed by atoms with Gasteiger partial charge in [-0.1, -0.05) is 49.1 Å². The summed E-state index contributed by atoms with van der Waals surface area (Å²) in [6.07, 6.45) is 1.52. The fraction of sp³-hybridized carbons (Fsp3) is 0. The Morgan fingerprint density at radius 3 is 2.15 bits per heavy atom. The summed E-state index contributed by atoms with van der Waals surface area (Å²) in [5, 5.41) is 0. The quantitative estimate of drug-likeness (QED) is 0.633. The van der Waals surface area contributed by atoms with Gasteiger partial charge in [-0.25, -0.2) is 19.4 Å². The minimum Gasteiger partial charge on any atom is -0.242 e. The maximum absolute atomic E-state index is 11.8. The number of carbonyl (C=O) groups excluding carboxylic acids is 2. The van der Waals surface area contributed by atoms with E-state index in [1.165, 1.54) is 6.08 Å². The van der Waals surface area contributed by atoms with Gasteiger partial charge >= 0.3 is 11.9 Å². The first-order valence-electron chi connectivity index (χ1n) is 5.92. The molecule has 0 saturated carbocycles. The molecule has 4 heteroatoms. The lowest BCUT2D eigenvalue weighted by molar-refractivity contribution is -0.187. The van der Waals surface area contributed by atoms with Crippen molar-refractivity contribution in [3.05, 3.63) is 77.9 Å². The van der Waals surface area contributed by atoms with E-state index in [1.807, 2.05) is 0 Å². The maximum atomic E-state index is 11.8. The first kappa shape index (κ1) is 13.5. The minimum atomic E-state index is -0.746. The third-order valence-corrected chi connectivity index (χ3v) is 2.60. The van der Waals surface area contributed by atoms with Crippen molar-refractivity contribution in [3.63, 3.8) is 0 Å². The Labute approximate surface area is 116 Å². The highest BCUT2D eigenvalue weighted by Crippen LogP contribution is 2.12. The van der Waals surface area contributed by atoms with Crippen molar-refractivity contribution >= 4 is 18.0 Å². The molecule has 0 amide bonds. The van der Waals surface area contributed by atoms with Gasteiger partial charge in [-0.15, -0.1) is 0 Å². The molecular weight excluding hydrogens is 256 g/mol. The number of hydrogen-bond acceptors (Lipinski definition) is 4. The van der Waals surface area contributed by atoms with Crippen LogP contribution < -0.4 is 0 Å². The predicted molar refractivity (Wildman–Crippen MR) is 73.8 cm³/mol. The van der Waals surface area contributed by atoms with Gasteiger partial charge in [0.1, 0.15) is 0 Å². The summed E-state index contributed by atoms with van der Waals surface area (Å²) in [6.45, 7) is 3.60. The molecule has 0 radical (unpaired) electrons. The molecule has 2 aromatic rings. The number of benzene rings is 2. The highest BCUT2D eigenvalue weighted by atomic mass is 17.2.